The Hall–Kier alpha value is -3.87. The highest BCUT2D eigenvalue weighted by molar-refractivity contribution is 5.96. The molecule has 0 saturated heterocycles. The Morgan fingerprint density at radius 2 is 1.91 bits per heavy atom. The molecule has 0 radical (unpaired) electrons. The molecule has 32 heavy (non-hydrogen) atoms. The number of carbonyl (C=O) groups excluding carboxylic acids is 1. The molecule has 3 heterocycles. The first-order valence-corrected chi connectivity index (χ1v) is 10.9. The van der Waals surface area contributed by atoms with Gasteiger partial charge in [0.05, 0.1) is 24.2 Å². The molecular formula is C25H23N5O2. The number of carbonyl (C=O) groups is 1. The summed E-state index contributed by atoms with van der Waals surface area (Å²) in [5, 5.41) is 0. The molecule has 0 spiro atoms. The third-order valence-corrected chi connectivity index (χ3v) is 6.40. The number of fused-ring (bicyclic) bond motifs is 4. The van der Waals surface area contributed by atoms with Crippen molar-refractivity contribution in [3.05, 3.63) is 71.7 Å². The summed E-state index contributed by atoms with van der Waals surface area (Å²) in [7, 11) is 0. The largest absolute Gasteiger partial charge is 0.490 e. The average Bonchev–Trinajstić information content (AvgIpc) is 3.41. The first kappa shape index (κ1) is 18.9. The summed E-state index contributed by atoms with van der Waals surface area (Å²) in [5.41, 5.74) is 13.4. The number of hydrogen-bond acceptors (Lipinski definition) is 5. The van der Waals surface area contributed by atoms with Gasteiger partial charge in [-0.25, -0.2) is 9.97 Å². The Morgan fingerprint density at radius 1 is 1.06 bits per heavy atom. The minimum atomic E-state index is 0.0680. The average molecular weight is 425 g/mol. The van der Waals surface area contributed by atoms with Crippen molar-refractivity contribution < 1.29 is 9.53 Å². The van der Waals surface area contributed by atoms with E-state index < -0.39 is 0 Å². The van der Waals surface area contributed by atoms with Gasteiger partial charge in [-0.05, 0) is 54.7 Å². The van der Waals surface area contributed by atoms with Gasteiger partial charge >= 0.3 is 0 Å². The van der Waals surface area contributed by atoms with Crippen molar-refractivity contribution in [2.45, 2.75) is 25.7 Å². The molecule has 2 aliphatic rings. The number of nitrogens with two attached hydrogens (primary N) is 1. The molecule has 160 valence electrons. The van der Waals surface area contributed by atoms with Crippen molar-refractivity contribution in [3.8, 4) is 11.4 Å². The predicted octanol–water partition coefficient (Wildman–Crippen LogP) is 3.46. The zero-order chi connectivity index (χ0) is 21.7. The number of amides is 1. The van der Waals surface area contributed by atoms with Crippen molar-refractivity contribution in [1.82, 2.24) is 14.5 Å². The van der Waals surface area contributed by atoms with Crippen LogP contribution in [0, 0.1) is 0 Å². The SMILES string of the molecule is Nc1ncnc2c3c(n(-c4ccc(CC(=O)N5CCOc6ccccc65)cc4)c12)CCC3. The number of hydrogen-bond donors (Lipinski definition) is 1. The van der Waals surface area contributed by atoms with E-state index in [4.69, 9.17) is 10.5 Å². The third kappa shape index (κ3) is 2.92. The fourth-order valence-electron chi connectivity index (χ4n) is 4.94. The van der Waals surface area contributed by atoms with Gasteiger partial charge in [0.15, 0.2) is 5.82 Å². The molecule has 0 saturated carbocycles. The molecular weight excluding hydrogens is 402 g/mol. The number of nitrogens with zero attached hydrogens (tertiary/aromatic N) is 4. The van der Waals surface area contributed by atoms with Crippen LogP contribution in [0.1, 0.15) is 23.2 Å². The van der Waals surface area contributed by atoms with Crippen molar-refractivity contribution in [2.75, 3.05) is 23.8 Å². The molecule has 0 atom stereocenters. The van der Waals surface area contributed by atoms with Gasteiger partial charge in [-0.1, -0.05) is 24.3 Å². The number of aromatic nitrogens is 3. The van der Waals surface area contributed by atoms with Crippen LogP contribution in [0.3, 0.4) is 0 Å². The molecule has 7 nitrogen and oxygen atoms in total. The zero-order valence-electron chi connectivity index (χ0n) is 17.6. The van der Waals surface area contributed by atoms with Crippen LogP contribution in [-0.2, 0) is 24.1 Å². The maximum atomic E-state index is 13.0. The quantitative estimate of drug-likeness (QED) is 0.543. The van der Waals surface area contributed by atoms with Crippen LogP contribution in [0.5, 0.6) is 5.75 Å². The molecule has 7 heteroatoms. The molecule has 0 unspecified atom stereocenters. The van der Waals surface area contributed by atoms with Gasteiger partial charge in [-0.15, -0.1) is 0 Å². The Labute approximate surface area is 185 Å². The zero-order valence-corrected chi connectivity index (χ0v) is 17.6. The molecule has 1 aliphatic heterocycles. The van der Waals surface area contributed by atoms with Gasteiger partial charge in [-0.3, -0.25) is 4.79 Å². The van der Waals surface area contributed by atoms with E-state index in [0.717, 1.165) is 53.0 Å². The van der Waals surface area contributed by atoms with Gasteiger partial charge in [-0.2, -0.15) is 0 Å². The Morgan fingerprint density at radius 3 is 2.78 bits per heavy atom. The molecule has 0 fully saturated rings. The van der Waals surface area contributed by atoms with Gasteiger partial charge < -0.3 is 19.9 Å². The minimum absolute atomic E-state index is 0.0680. The molecule has 2 N–H and O–H groups in total. The number of nitrogen functional groups attached to an aromatic ring is 1. The van der Waals surface area contributed by atoms with Gasteiger partial charge in [0, 0.05) is 11.4 Å². The van der Waals surface area contributed by atoms with Gasteiger partial charge in [0.2, 0.25) is 5.91 Å². The molecule has 1 amide bonds. The van der Waals surface area contributed by atoms with E-state index in [1.807, 2.05) is 41.3 Å². The lowest BCUT2D eigenvalue weighted by Crippen LogP contribution is -2.38. The second-order valence-corrected chi connectivity index (χ2v) is 8.28. The van der Waals surface area contributed by atoms with Crippen molar-refractivity contribution in [2.24, 2.45) is 0 Å². The number of rotatable bonds is 3. The van der Waals surface area contributed by atoms with E-state index in [9.17, 15) is 4.79 Å². The summed E-state index contributed by atoms with van der Waals surface area (Å²) >= 11 is 0. The van der Waals surface area contributed by atoms with Crippen molar-refractivity contribution in [3.63, 3.8) is 0 Å². The van der Waals surface area contributed by atoms with Crippen LogP contribution in [-0.4, -0.2) is 33.6 Å². The number of ether oxygens (including phenoxy) is 1. The minimum Gasteiger partial charge on any atom is -0.490 e. The Balaban J connectivity index is 1.30. The lowest BCUT2D eigenvalue weighted by Gasteiger charge is -2.29. The first-order chi connectivity index (χ1) is 15.7. The summed E-state index contributed by atoms with van der Waals surface area (Å²) in [5.74, 6) is 1.32. The number of anilines is 2. The molecule has 2 aromatic heterocycles. The van der Waals surface area contributed by atoms with E-state index in [-0.39, 0.29) is 5.91 Å². The Bertz CT molecular complexity index is 1340. The van der Waals surface area contributed by atoms with E-state index in [1.165, 1.54) is 11.3 Å². The maximum absolute atomic E-state index is 13.0. The lowest BCUT2D eigenvalue weighted by atomic mass is 10.1. The van der Waals surface area contributed by atoms with Crippen LogP contribution in [0.15, 0.2) is 54.9 Å². The molecule has 4 aromatic rings. The summed E-state index contributed by atoms with van der Waals surface area (Å²) < 4.78 is 7.87. The highest BCUT2D eigenvalue weighted by atomic mass is 16.5. The van der Waals surface area contributed by atoms with Crippen molar-refractivity contribution >= 4 is 28.4 Å². The smallest absolute Gasteiger partial charge is 0.231 e. The van der Waals surface area contributed by atoms with Crippen LogP contribution in [0.4, 0.5) is 11.5 Å². The number of aryl methyl sites for hydroxylation is 1. The fourth-order valence-corrected chi connectivity index (χ4v) is 4.94. The van der Waals surface area contributed by atoms with E-state index in [1.54, 1.807) is 6.33 Å². The standard InChI is InChI=1S/C25H23N5O2/c26-25-24-23(27-15-28-25)18-4-3-6-19(18)30(24)17-10-8-16(9-11-17)14-22(31)29-12-13-32-21-7-2-1-5-20(21)29/h1-2,5,7-11,15H,3-4,6,12-14H2,(H2,26,27,28). The second kappa shape index (κ2) is 7.37. The summed E-state index contributed by atoms with van der Waals surface area (Å²) in [6.45, 7) is 1.08. The summed E-state index contributed by atoms with van der Waals surface area (Å²) in [6.07, 6.45) is 5.02. The first-order valence-electron chi connectivity index (χ1n) is 10.9. The van der Waals surface area contributed by atoms with Crippen LogP contribution in [0.2, 0.25) is 0 Å². The highest BCUT2D eigenvalue weighted by Crippen LogP contribution is 2.36. The van der Waals surface area contributed by atoms with Crippen molar-refractivity contribution in [1.29, 1.82) is 0 Å². The van der Waals surface area contributed by atoms with Crippen LogP contribution in [0.25, 0.3) is 16.7 Å². The van der Waals surface area contributed by atoms with Crippen LogP contribution >= 0.6 is 0 Å². The number of para-hydroxylation sites is 2. The van der Waals surface area contributed by atoms with E-state index >= 15 is 0 Å². The molecule has 1 aliphatic carbocycles. The normalized spacial score (nSPS) is 14.8. The van der Waals surface area contributed by atoms with Gasteiger partial charge in [0.25, 0.3) is 0 Å². The van der Waals surface area contributed by atoms with E-state index in [2.05, 4.69) is 26.7 Å². The molecule has 6 rings (SSSR count). The predicted molar refractivity (Wildman–Crippen MR) is 123 cm³/mol. The maximum Gasteiger partial charge on any atom is 0.231 e. The molecule has 0 bridgehead atoms. The second-order valence-electron chi connectivity index (χ2n) is 8.28. The highest BCUT2D eigenvalue weighted by Gasteiger charge is 2.26. The summed E-state index contributed by atoms with van der Waals surface area (Å²) in [6, 6.07) is 15.8. The summed E-state index contributed by atoms with van der Waals surface area (Å²) in [4.78, 5) is 23.6. The topological polar surface area (TPSA) is 86.3 Å². The number of benzene rings is 2. The Kier molecular flexibility index (Phi) is 4.35. The molecule has 2 aromatic carbocycles. The third-order valence-electron chi connectivity index (χ3n) is 6.40. The van der Waals surface area contributed by atoms with E-state index in [0.29, 0.717) is 25.4 Å². The fraction of sp³-hybridized carbons (Fsp3) is 0.240. The monoisotopic (exact) mass is 425 g/mol. The van der Waals surface area contributed by atoms with Gasteiger partial charge in [0.1, 0.15) is 24.2 Å². The lowest BCUT2D eigenvalue weighted by molar-refractivity contribution is -0.118. The van der Waals surface area contributed by atoms with Crippen LogP contribution < -0.4 is 15.4 Å².